The molecule has 0 saturated carbocycles. The Morgan fingerprint density at radius 2 is 2.55 bits per heavy atom. The van der Waals surface area contributed by atoms with E-state index in [9.17, 15) is 0 Å². The maximum Gasteiger partial charge on any atom is 0.193 e. The van der Waals surface area contributed by atoms with E-state index in [0.717, 1.165) is 0 Å². The van der Waals surface area contributed by atoms with Crippen molar-refractivity contribution in [3.05, 3.63) is 12.3 Å². The summed E-state index contributed by atoms with van der Waals surface area (Å²) in [5.74, 6) is 0. The van der Waals surface area contributed by atoms with E-state index in [1.165, 1.54) is 11.5 Å². The van der Waals surface area contributed by atoms with Crippen molar-refractivity contribution in [2.24, 2.45) is 0 Å². The third-order valence-corrected chi connectivity index (χ3v) is 1.70. The summed E-state index contributed by atoms with van der Waals surface area (Å²) in [5.41, 5.74) is 0. The van der Waals surface area contributed by atoms with Crippen molar-refractivity contribution >= 4 is 11.5 Å². The highest BCUT2D eigenvalue weighted by atomic mass is 32.1. The summed E-state index contributed by atoms with van der Waals surface area (Å²) in [6.45, 7) is -0.169. The van der Waals surface area contributed by atoms with Crippen molar-refractivity contribution in [1.29, 1.82) is 0 Å². The van der Waals surface area contributed by atoms with Crippen LogP contribution in [0.2, 0.25) is 0 Å². The van der Waals surface area contributed by atoms with Gasteiger partial charge in [-0.25, -0.2) is 0 Å². The van der Waals surface area contributed by atoms with Gasteiger partial charge in [-0.05, 0) is 0 Å². The highest BCUT2D eigenvalue weighted by Gasteiger charge is 2.02. The number of rotatable bonds is 4. The van der Waals surface area contributed by atoms with Gasteiger partial charge in [0.25, 0.3) is 0 Å². The number of hydrogen-bond donors (Lipinski definition) is 2. The summed E-state index contributed by atoms with van der Waals surface area (Å²) < 4.78 is 8.84. The summed E-state index contributed by atoms with van der Waals surface area (Å²) in [6, 6.07) is 1.70. The van der Waals surface area contributed by atoms with Crippen molar-refractivity contribution in [2.75, 3.05) is 13.2 Å². The number of aliphatic hydroxyl groups is 2. The molecular formula is C6H9NO3S. The summed E-state index contributed by atoms with van der Waals surface area (Å²) >= 11 is 1.21. The Hall–Kier alpha value is -0.650. The molecule has 0 fully saturated rings. The Morgan fingerprint density at radius 3 is 3.09 bits per heavy atom. The molecule has 0 amide bonds. The highest BCUT2D eigenvalue weighted by Crippen LogP contribution is 2.14. The summed E-state index contributed by atoms with van der Waals surface area (Å²) in [5, 5.41) is 17.9. The van der Waals surface area contributed by atoms with Crippen LogP contribution < -0.4 is 4.74 Å². The fraction of sp³-hybridized carbons (Fsp3) is 0.500. The van der Waals surface area contributed by atoms with E-state index in [1.54, 1.807) is 12.3 Å². The lowest BCUT2D eigenvalue weighted by molar-refractivity contribution is 0.0548. The molecule has 1 rings (SSSR count). The second kappa shape index (κ2) is 4.27. The molecule has 0 bridgehead atoms. The molecule has 5 heteroatoms. The second-order valence-corrected chi connectivity index (χ2v) is 2.77. The average molecular weight is 175 g/mol. The Kier molecular flexibility index (Phi) is 3.28. The van der Waals surface area contributed by atoms with Crippen molar-refractivity contribution < 1.29 is 14.9 Å². The van der Waals surface area contributed by atoms with Gasteiger partial charge in [0.15, 0.2) is 5.06 Å². The van der Waals surface area contributed by atoms with Crippen LogP contribution in [0, 0.1) is 0 Å². The maximum atomic E-state index is 8.87. The van der Waals surface area contributed by atoms with E-state index in [4.69, 9.17) is 14.9 Å². The standard InChI is InChI=1S/C6H9NO3S/c8-3-5(9)4-10-6-1-2-7-11-6/h1-2,5,8-9H,3-4H2. The molecule has 4 nitrogen and oxygen atoms in total. The van der Waals surface area contributed by atoms with Crippen molar-refractivity contribution in [3.63, 3.8) is 0 Å². The molecule has 1 unspecified atom stereocenters. The Labute approximate surface area is 68.2 Å². The van der Waals surface area contributed by atoms with Gasteiger partial charge in [0.05, 0.1) is 6.61 Å². The molecule has 0 spiro atoms. The third kappa shape index (κ3) is 2.83. The van der Waals surface area contributed by atoms with Crippen LogP contribution in [0.25, 0.3) is 0 Å². The number of aliphatic hydroxyl groups excluding tert-OH is 2. The van der Waals surface area contributed by atoms with Crippen molar-refractivity contribution in [3.8, 4) is 5.06 Å². The van der Waals surface area contributed by atoms with Gasteiger partial charge in [0, 0.05) is 23.8 Å². The fourth-order valence-electron chi connectivity index (χ4n) is 0.510. The van der Waals surface area contributed by atoms with Crippen LogP contribution in [0.4, 0.5) is 0 Å². The van der Waals surface area contributed by atoms with Crippen LogP contribution in [0.5, 0.6) is 5.06 Å². The Balaban J connectivity index is 2.23. The van der Waals surface area contributed by atoms with Gasteiger partial charge < -0.3 is 14.9 Å². The molecule has 62 valence electrons. The molecule has 11 heavy (non-hydrogen) atoms. The summed E-state index contributed by atoms with van der Waals surface area (Å²) in [6.07, 6.45) is 0.808. The van der Waals surface area contributed by atoms with Crippen molar-refractivity contribution in [1.82, 2.24) is 4.37 Å². The first-order chi connectivity index (χ1) is 5.33. The first-order valence-corrected chi connectivity index (χ1v) is 3.92. The summed E-state index contributed by atoms with van der Waals surface area (Å²) in [7, 11) is 0. The van der Waals surface area contributed by atoms with E-state index in [-0.39, 0.29) is 13.2 Å². The van der Waals surface area contributed by atoms with E-state index in [1.807, 2.05) is 0 Å². The van der Waals surface area contributed by atoms with E-state index < -0.39 is 6.10 Å². The minimum Gasteiger partial charge on any atom is -0.480 e. The largest absolute Gasteiger partial charge is 0.480 e. The topological polar surface area (TPSA) is 62.6 Å². The zero-order valence-corrected chi connectivity index (χ0v) is 6.62. The maximum absolute atomic E-state index is 8.87. The smallest absolute Gasteiger partial charge is 0.193 e. The van der Waals surface area contributed by atoms with E-state index >= 15 is 0 Å². The third-order valence-electron chi connectivity index (χ3n) is 1.04. The molecule has 1 aromatic heterocycles. The molecule has 2 N–H and O–H groups in total. The Morgan fingerprint density at radius 1 is 1.73 bits per heavy atom. The lowest BCUT2D eigenvalue weighted by Crippen LogP contribution is -2.20. The second-order valence-electron chi connectivity index (χ2n) is 1.98. The monoisotopic (exact) mass is 175 g/mol. The minimum absolute atomic E-state index is 0.110. The van der Waals surface area contributed by atoms with Gasteiger partial charge in [-0.15, -0.1) is 0 Å². The molecule has 0 radical (unpaired) electrons. The van der Waals surface area contributed by atoms with Gasteiger partial charge in [0.1, 0.15) is 12.7 Å². The molecule has 0 aromatic carbocycles. The Bertz CT molecular complexity index is 190. The van der Waals surface area contributed by atoms with Crippen LogP contribution >= 0.6 is 11.5 Å². The van der Waals surface area contributed by atoms with Crippen LogP contribution in [0.15, 0.2) is 12.3 Å². The quantitative estimate of drug-likeness (QED) is 0.669. The number of ether oxygens (including phenoxy) is 1. The molecule has 1 atom stereocenters. The molecule has 0 aliphatic rings. The first kappa shape index (κ1) is 8.45. The summed E-state index contributed by atoms with van der Waals surface area (Å²) in [4.78, 5) is 0. The predicted octanol–water partition coefficient (Wildman–Crippen LogP) is -0.125. The van der Waals surface area contributed by atoms with E-state index in [2.05, 4.69) is 4.37 Å². The number of nitrogens with zero attached hydrogens (tertiary/aromatic N) is 1. The molecule has 0 aliphatic heterocycles. The normalized spacial score (nSPS) is 12.9. The highest BCUT2D eigenvalue weighted by molar-refractivity contribution is 7.07. The number of hydrogen-bond acceptors (Lipinski definition) is 5. The van der Waals surface area contributed by atoms with Crippen LogP contribution in [-0.2, 0) is 0 Å². The van der Waals surface area contributed by atoms with Crippen LogP contribution in [0.1, 0.15) is 0 Å². The zero-order valence-electron chi connectivity index (χ0n) is 5.80. The minimum atomic E-state index is -0.808. The number of aromatic nitrogens is 1. The van der Waals surface area contributed by atoms with Gasteiger partial charge in [-0.2, -0.15) is 4.37 Å². The van der Waals surface area contributed by atoms with Gasteiger partial charge in [-0.3, -0.25) is 0 Å². The van der Waals surface area contributed by atoms with Gasteiger partial charge >= 0.3 is 0 Å². The van der Waals surface area contributed by atoms with Crippen molar-refractivity contribution in [2.45, 2.75) is 6.10 Å². The molecule has 0 saturated heterocycles. The fourth-order valence-corrected chi connectivity index (χ4v) is 0.978. The van der Waals surface area contributed by atoms with Gasteiger partial charge in [0.2, 0.25) is 0 Å². The zero-order chi connectivity index (χ0) is 8.10. The molecular weight excluding hydrogens is 166 g/mol. The SMILES string of the molecule is OCC(O)COc1ccns1. The first-order valence-electron chi connectivity index (χ1n) is 3.15. The lowest BCUT2D eigenvalue weighted by Gasteiger charge is -2.06. The van der Waals surface area contributed by atoms with E-state index in [0.29, 0.717) is 5.06 Å². The van der Waals surface area contributed by atoms with Crippen LogP contribution in [-0.4, -0.2) is 33.9 Å². The lowest BCUT2D eigenvalue weighted by atomic mass is 10.4. The molecule has 0 aliphatic carbocycles. The average Bonchev–Trinajstić information content (AvgIpc) is 2.52. The predicted molar refractivity (Wildman–Crippen MR) is 40.7 cm³/mol. The van der Waals surface area contributed by atoms with Gasteiger partial charge in [-0.1, -0.05) is 0 Å². The van der Waals surface area contributed by atoms with Crippen LogP contribution in [0.3, 0.4) is 0 Å². The molecule has 1 heterocycles. The molecule has 1 aromatic rings.